The van der Waals surface area contributed by atoms with Crippen molar-refractivity contribution in [3.05, 3.63) is 65.4 Å². The molecule has 1 aromatic carbocycles. The van der Waals surface area contributed by atoms with E-state index in [2.05, 4.69) is 16.4 Å². The highest BCUT2D eigenvalue weighted by atomic mass is 32.2. The quantitative estimate of drug-likeness (QED) is 0.573. The third kappa shape index (κ3) is 6.63. The number of benzene rings is 1. The third-order valence-electron chi connectivity index (χ3n) is 3.48. The van der Waals surface area contributed by atoms with Crippen LogP contribution in [0, 0.1) is 0 Å². The molecule has 1 atom stereocenters. The second kappa shape index (κ2) is 10.3. The van der Waals surface area contributed by atoms with Gasteiger partial charge in [-0.15, -0.1) is 5.73 Å². The highest BCUT2D eigenvalue weighted by Crippen LogP contribution is 2.13. The third-order valence-corrected chi connectivity index (χ3v) is 4.59. The minimum absolute atomic E-state index is 0.237. The molecule has 26 heavy (non-hydrogen) atoms. The summed E-state index contributed by atoms with van der Waals surface area (Å²) in [4.78, 5) is 35.1. The number of carbonyl (C=O) groups excluding carboxylic acids is 2. The highest BCUT2D eigenvalue weighted by Gasteiger charge is 2.20. The first-order valence-corrected chi connectivity index (χ1v) is 9.25. The summed E-state index contributed by atoms with van der Waals surface area (Å²) in [7, 11) is 0. The van der Waals surface area contributed by atoms with Gasteiger partial charge in [-0.05, 0) is 24.1 Å². The van der Waals surface area contributed by atoms with Crippen molar-refractivity contribution in [2.75, 3.05) is 12.3 Å². The number of hydrogen-bond donors (Lipinski definition) is 3. The number of carbonyl (C=O) groups is 3. The zero-order valence-corrected chi connectivity index (χ0v) is 14.9. The van der Waals surface area contributed by atoms with E-state index < -0.39 is 23.8 Å². The predicted molar refractivity (Wildman–Crippen MR) is 101 cm³/mol. The van der Waals surface area contributed by atoms with Crippen LogP contribution in [0.15, 0.2) is 59.9 Å². The average molecular weight is 372 g/mol. The van der Waals surface area contributed by atoms with Gasteiger partial charge in [0.2, 0.25) is 5.91 Å². The Morgan fingerprint density at radius 3 is 2.65 bits per heavy atom. The number of hydrogen-bond acceptors (Lipinski definition) is 4. The molecule has 7 heteroatoms. The fourth-order valence-electron chi connectivity index (χ4n) is 2.16. The van der Waals surface area contributed by atoms with Crippen molar-refractivity contribution in [3.8, 4) is 0 Å². The van der Waals surface area contributed by atoms with Gasteiger partial charge in [0.05, 0.1) is 12.1 Å². The maximum Gasteiger partial charge on any atom is 0.327 e. The van der Waals surface area contributed by atoms with Crippen LogP contribution in [0.1, 0.15) is 12.0 Å². The van der Waals surface area contributed by atoms with Crippen LogP contribution in [0.4, 0.5) is 0 Å². The number of allylic oxidation sites excluding steroid dienone is 1. The first-order valence-electron chi connectivity index (χ1n) is 8.10. The number of carboxylic acids is 1. The molecule has 3 N–H and O–H groups in total. The minimum Gasteiger partial charge on any atom is -0.480 e. The summed E-state index contributed by atoms with van der Waals surface area (Å²) in [6.07, 6.45) is 5.89. The van der Waals surface area contributed by atoms with E-state index in [1.807, 2.05) is 36.4 Å². The van der Waals surface area contributed by atoms with E-state index >= 15 is 0 Å². The number of nitrogens with one attached hydrogen (secondary N) is 2. The Kier molecular flexibility index (Phi) is 7.74. The van der Waals surface area contributed by atoms with Gasteiger partial charge < -0.3 is 15.7 Å². The number of carboxylic acid groups (broad SMARTS) is 1. The molecule has 0 saturated heterocycles. The van der Waals surface area contributed by atoms with Crippen molar-refractivity contribution in [2.45, 2.75) is 18.2 Å². The lowest BCUT2D eigenvalue weighted by molar-refractivity contribution is -0.141. The first kappa shape index (κ1) is 19.6. The molecule has 6 nitrogen and oxygen atoms in total. The molecule has 2 rings (SSSR count). The highest BCUT2D eigenvalue weighted by molar-refractivity contribution is 7.98. The van der Waals surface area contributed by atoms with Gasteiger partial charge in [0.25, 0.3) is 5.91 Å². The van der Waals surface area contributed by atoms with Crippen LogP contribution in [0.3, 0.4) is 0 Å². The van der Waals surface area contributed by atoms with Gasteiger partial charge in [-0.3, -0.25) is 9.59 Å². The molecule has 2 amide bonds. The average Bonchev–Trinajstić information content (AvgIpc) is 2.66. The van der Waals surface area contributed by atoms with Crippen molar-refractivity contribution < 1.29 is 19.5 Å². The Morgan fingerprint density at radius 2 is 2.00 bits per heavy atom. The summed E-state index contributed by atoms with van der Waals surface area (Å²) in [6.45, 7) is -0.287. The number of rotatable bonds is 9. The second-order valence-corrected chi connectivity index (χ2v) is 6.57. The predicted octanol–water partition coefficient (Wildman–Crippen LogP) is 1.65. The van der Waals surface area contributed by atoms with Gasteiger partial charge in [-0.1, -0.05) is 36.4 Å². The van der Waals surface area contributed by atoms with Gasteiger partial charge >= 0.3 is 5.97 Å². The Balaban J connectivity index is 1.76. The molecular formula is C19H20N2O4S. The number of thioether (sulfide) groups is 1. The van der Waals surface area contributed by atoms with Crippen LogP contribution in [0.2, 0.25) is 0 Å². The van der Waals surface area contributed by atoms with E-state index in [-0.39, 0.29) is 12.3 Å². The van der Waals surface area contributed by atoms with Crippen molar-refractivity contribution >= 4 is 29.5 Å². The van der Waals surface area contributed by atoms with Gasteiger partial charge in [0.15, 0.2) is 0 Å². The zero-order chi connectivity index (χ0) is 18.8. The number of amides is 2. The van der Waals surface area contributed by atoms with E-state index in [9.17, 15) is 19.5 Å². The summed E-state index contributed by atoms with van der Waals surface area (Å²) in [5.74, 6) is -1.18. The van der Waals surface area contributed by atoms with Crippen molar-refractivity contribution in [1.82, 2.24) is 10.6 Å². The van der Waals surface area contributed by atoms with Crippen molar-refractivity contribution in [3.63, 3.8) is 0 Å². The van der Waals surface area contributed by atoms with Crippen molar-refractivity contribution in [1.29, 1.82) is 0 Å². The van der Waals surface area contributed by atoms with Crippen LogP contribution >= 0.6 is 11.8 Å². The minimum atomic E-state index is -1.11. The fourth-order valence-corrected chi connectivity index (χ4v) is 3.16. The summed E-state index contributed by atoms with van der Waals surface area (Å²) in [5.41, 5.74) is 4.24. The Hall–Kier alpha value is -2.76. The van der Waals surface area contributed by atoms with Crippen LogP contribution in [-0.2, 0) is 20.1 Å². The maximum atomic E-state index is 11.9. The Bertz CT molecular complexity index is 752. The molecule has 1 aromatic rings. The summed E-state index contributed by atoms with van der Waals surface area (Å²) in [5, 5.41) is 14.1. The molecular weight excluding hydrogens is 352 g/mol. The normalized spacial score (nSPS) is 13.6. The monoisotopic (exact) mass is 372 g/mol. The molecule has 0 spiro atoms. The van der Waals surface area contributed by atoms with E-state index in [0.717, 1.165) is 12.0 Å². The van der Waals surface area contributed by atoms with E-state index in [4.69, 9.17) is 0 Å². The summed E-state index contributed by atoms with van der Waals surface area (Å²) in [6, 6.07) is 8.65. The van der Waals surface area contributed by atoms with E-state index in [1.165, 1.54) is 11.8 Å². The topological polar surface area (TPSA) is 95.5 Å². The molecule has 0 bridgehead atoms. The summed E-state index contributed by atoms with van der Waals surface area (Å²) >= 11 is 1.42. The fraction of sp³-hybridized carbons (Fsp3) is 0.263. The SMILES string of the molecule is O=C(CNC(=O)C1=C=CCC=C1)NC(CSCc1ccccc1)C(=O)O. The van der Waals surface area contributed by atoms with E-state index in [0.29, 0.717) is 11.3 Å². The molecule has 0 heterocycles. The molecule has 1 aliphatic carbocycles. The van der Waals surface area contributed by atoms with Gasteiger partial charge in [-0.25, -0.2) is 4.79 Å². The van der Waals surface area contributed by atoms with Gasteiger partial charge in [0, 0.05) is 11.5 Å². The maximum absolute atomic E-state index is 11.9. The van der Waals surface area contributed by atoms with Crippen LogP contribution in [0.5, 0.6) is 0 Å². The standard InChI is InChI=1S/C19H20N2O4S/c22-17(11-20-18(23)15-9-5-2-6-10-15)21-16(19(24)25)13-26-12-14-7-3-1-4-8-14/h1,3-9,16H,2,11-13H2,(H,20,23)(H,21,22)(H,24,25). The Morgan fingerprint density at radius 1 is 1.23 bits per heavy atom. The smallest absolute Gasteiger partial charge is 0.327 e. The molecule has 1 unspecified atom stereocenters. The molecule has 0 radical (unpaired) electrons. The van der Waals surface area contributed by atoms with E-state index in [1.54, 1.807) is 12.2 Å². The zero-order valence-electron chi connectivity index (χ0n) is 14.1. The summed E-state index contributed by atoms with van der Waals surface area (Å²) < 4.78 is 0. The molecule has 1 aliphatic rings. The molecule has 0 aromatic heterocycles. The molecule has 0 saturated carbocycles. The number of aliphatic carboxylic acids is 1. The lowest BCUT2D eigenvalue weighted by atomic mass is 10.1. The van der Waals surface area contributed by atoms with Crippen LogP contribution < -0.4 is 10.6 Å². The van der Waals surface area contributed by atoms with Gasteiger partial charge in [0.1, 0.15) is 6.04 Å². The molecule has 0 aliphatic heterocycles. The van der Waals surface area contributed by atoms with Crippen LogP contribution in [-0.4, -0.2) is 41.2 Å². The lowest BCUT2D eigenvalue weighted by Crippen LogP contribution is -2.46. The Labute approximate surface area is 156 Å². The van der Waals surface area contributed by atoms with Crippen molar-refractivity contribution in [2.24, 2.45) is 0 Å². The van der Waals surface area contributed by atoms with Crippen LogP contribution in [0.25, 0.3) is 0 Å². The second-order valence-electron chi connectivity index (χ2n) is 5.54. The first-order chi connectivity index (χ1) is 12.6. The molecule has 0 fully saturated rings. The lowest BCUT2D eigenvalue weighted by Gasteiger charge is -2.14. The largest absolute Gasteiger partial charge is 0.480 e. The molecule has 136 valence electrons. The van der Waals surface area contributed by atoms with Gasteiger partial charge in [-0.2, -0.15) is 11.8 Å².